The maximum atomic E-state index is 11.8. The van der Waals surface area contributed by atoms with Crippen LogP contribution in [0.3, 0.4) is 0 Å². The standard InChI is InChI=1S/C24H25ClN2O2/c1-6-18-9-7-8-15(2)23(18)27-16(3)12-20(17(27)4)14-26-22-13-19(24(28)29-5)10-11-21(22)25/h7-14H,6H2,1-5H3. The molecule has 0 atom stereocenters. The number of hydrogen-bond acceptors (Lipinski definition) is 3. The zero-order valence-corrected chi connectivity index (χ0v) is 18.2. The van der Waals surface area contributed by atoms with Crippen LogP contribution in [0.1, 0.15) is 45.4 Å². The molecule has 0 fully saturated rings. The molecule has 3 rings (SSSR count). The Morgan fingerprint density at radius 1 is 1.17 bits per heavy atom. The van der Waals surface area contributed by atoms with Crippen molar-refractivity contribution >= 4 is 29.5 Å². The molecule has 1 heterocycles. The predicted octanol–water partition coefficient (Wildman–Crippen LogP) is 6.16. The molecule has 2 aromatic carbocycles. The van der Waals surface area contributed by atoms with Crippen molar-refractivity contribution in [3.8, 4) is 5.69 Å². The van der Waals surface area contributed by atoms with E-state index >= 15 is 0 Å². The first-order valence-electron chi connectivity index (χ1n) is 9.57. The van der Waals surface area contributed by atoms with Crippen LogP contribution in [0.15, 0.2) is 47.5 Å². The van der Waals surface area contributed by atoms with Gasteiger partial charge in [0.2, 0.25) is 0 Å². The average molecular weight is 409 g/mol. The summed E-state index contributed by atoms with van der Waals surface area (Å²) in [4.78, 5) is 16.3. The molecule has 0 N–H and O–H groups in total. The van der Waals surface area contributed by atoms with E-state index in [9.17, 15) is 4.79 Å². The van der Waals surface area contributed by atoms with E-state index in [0.717, 1.165) is 23.4 Å². The van der Waals surface area contributed by atoms with Gasteiger partial charge in [0.25, 0.3) is 0 Å². The van der Waals surface area contributed by atoms with E-state index in [1.807, 2.05) is 0 Å². The number of aliphatic imine (C=N–C) groups is 1. The zero-order valence-electron chi connectivity index (χ0n) is 17.4. The number of nitrogens with zero attached hydrogens (tertiary/aromatic N) is 2. The molecule has 0 radical (unpaired) electrons. The summed E-state index contributed by atoms with van der Waals surface area (Å²) in [6, 6.07) is 13.5. The lowest BCUT2D eigenvalue weighted by atomic mass is 10.1. The van der Waals surface area contributed by atoms with Gasteiger partial charge in [0.15, 0.2) is 0 Å². The SMILES string of the molecule is CCc1cccc(C)c1-n1c(C)cc(C=Nc2cc(C(=O)OC)ccc2Cl)c1C. The van der Waals surface area contributed by atoms with Gasteiger partial charge in [-0.3, -0.25) is 4.99 Å². The topological polar surface area (TPSA) is 43.6 Å². The van der Waals surface area contributed by atoms with Crippen molar-refractivity contribution in [2.75, 3.05) is 7.11 Å². The molecule has 29 heavy (non-hydrogen) atoms. The van der Waals surface area contributed by atoms with Crippen LogP contribution in [0, 0.1) is 20.8 Å². The quantitative estimate of drug-likeness (QED) is 0.375. The van der Waals surface area contributed by atoms with Crippen molar-refractivity contribution in [2.24, 2.45) is 4.99 Å². The highest BCUT2D eigenvalue weighted by Crippen LogP contribution is 2.29. The fourth-order valence-electron chi connectivity index (χ4n) is 3.58. The molecule has 5 heteroatoms. The number of aryl methyl sites for hydroxylation is 3. The molecule has 0 saturated carbocycles. The Bertz CT molecular complexity index is 1100. The van der Waals surface area contributed by atoms with Crippen molar-refractivity contribution in [3.05, 3.63) is 81.1 Å². The minimum absolute atomic E-state index is 0.414. The monoisotopic (exact) mass is 408 g/mol. The van der Waals surface area contributed by atoms with Gasteiger partial charge in [0, 0.05) is 23.2 Å². The lowest BCUT2D eigenvalue weighted by molar-refractivity contribution is 0.0601. The van der Waals surface area contributed by atoms with Gasteiger partial charge in [-0.25, -0.2) is 4.79 Å². The third kappa shape index (κ3) is 4.13. The normalized spacial score (nSPS) is 11.2. The van der Waals surface area contributed by atoms with Gasteiger partial charge in [0.1, 0.15) is 0 Å². The van der Waals surface area contributed by atoms with Crippen molar-refractivity contribution in [1.82, 2.24) is 4.57 Å². The molecule has 0 aliphatic carbocycles. The van der Waals surface area contributed by atoms with E-state index in [-0.39, 0.29) is 0 Å². The van der Waals surface area contributed by atoms with E-state index in [1.54, 1.807) is 24.4 Å². The highest BCUT2D eigenvalue weighted by atomic mass is 35.5. The third-order valence-electron chi connectivity index (χ3n) is 5.11. The molecule has 3 aromatic rings. The van der Waals surface area contributed by atoms with Gasteiger partial charge >= 0.3 is 5.97 Å². The number of ether oxygens (including phenoxy) is 1. The number of hydrogen-bond donors (Lipinski definition) is 0. The highest BCUT2D eigenvalue weighted by molar-refractivity contribution is 6.33. The Balaban J connectivity index is 2.04. The lowest BCUT2D eigenvalue weighted by Crippen LogP contribution is -2.05. The summed E-state index contributed by atoms with van der Waals surface area (Å²) in [6.07, 6.45) is 2.76. The Kier molecular flexibility index (Phi) is 6.23. The number of aromatic nitrogens is 1. The first-order chi connectivity index (χ1) is 13.9. The first kappa shape index (κ1) is 20.9. The molecule has 0 bridgehead atoms. The smallest absolute Gasteiger partial charge is 0.337 e. The molecule has 0 unspecified atom stereocenters. The third-order valence-corrected chi connectivity index (χ3v) is 5.43. The van der Waals surface area contributed by atoms with Crippen LogP contribution in [-0.4, -0.2) is 23.9 Å². The molecule has 150 valence electrons. The van der Waals surface area contributed by atoms with E-state index < -0.39 is 5.97 Å². The number of carbonyl (C=O) groups excluding carboxylic acids is 1. The molecular formula is C24H25ClN2O2. The number of carbonyl (C=O) groups is 1. The summed E-state index contributed by atoms with van der Waals surface area (Å²) in [7, 11) is 1.35. The molecule has 0 aliphatic rings. The number of para-hydroxylation sites is 1. The molecule has 0 spiro atoms. The van der Waals surface area contributed by atoms with Gasteiger partial charge in [-0.15, -0.1) is 0 Å². The van der Waals surface area contributed by atoms with Crippen LogP contribution in [-0.2, 0) is 11.2 Å². The highest BCUT2D eigenvalue weighted by Gasteiger charge is 2.14. The summed E-state index contributed by atoms with van der Waals surface area (Å²) in [5, 5.41) is 0.481. The number of halogens is 1. The van der Waals surface area contributed by atoms with Crippen LogP contribution < -0.4 is 0 Å². The maximum Gasteiger partial charge on any atom is 0.337 e. The van der Waals surface area contributed by atoms with Gasteiger partial charge in [-0.05, 0) is 62.6 Å². The minimum atomic E-state index is -0.414. The van der Waals surface area contributed by atoms with Gasteiger partial charge < -0.3 is 9.30 Å². The van der Waals surface area contributed by atoms with E-state index in [1.165, 1.54) is 23.9 Å². The predicted molar refractivity (Wildman–Crippen MR) is 119 cm³/mol. The van der Waals surface area contributed by atoms with E-state index in [2.05, 4.69) is 61.5 Å². The maximum absolute atomic E-state index is 11.8. The van der Waals surface area contributed by atoms with Gasteiger partial charge in [0.05, 0.1) is 29.1 Å². The lowest BCUT2D eigenvalue weighted by Gasteiger charge is -2.17. The summed E-state index contributed by atoms with van der Waals surface area (Å²) < 4.78 is 7.06. The second-order valence-corrected chi connectivity index (χ2v) is 7.42. The fraction of sp³-hybridized carbons (Fsp3) is 0.250. The summed E-state index contributed by atoms with van der Waals surface area (Å²) in [5.74, 6) is -0.414. The van der Waals surface area contributed by atoms with Crippen LogP contribution in [0.2, 0.25) is 5.02 Å². The van der Waals surface area contributed by atoms with Crippen molar-refractivity contribution in [2.45, 2.75) is 34.1 Å². The molecule has 0 saturated heterocycles. The molecule has 1 aromatic heterocycles. The van der Waals surface area contributed by atoms with Gasteiger partial charge in [-0.2, -0.15) is 0 Å². The summed E-state index contributed by atoms with van der Waals surface area (Å²) in [5.41, 5.74) is 7.99. The molecule has 0 aliphatic heterocycles. The van der Waals surface area contributed by atoms with E-state index in [0.29, 0.717) is 16.3 Å². The Hall–Kier alpha value is -2.85. The minimum Gasteiger partial charge on any atom is -0.465 e. The fourth-order valence-corrected chi connectivity index (χ4v) is 3.75. The molecule has 4 nitrogen and oxygen atoms in total. The number of benzene rings is 2. The number of methoxy groups -OCH3 is 1. The zero-order chi connectivity index (χ0) is 21.1. The second-order valence-electron chi connectivity index (χ2n) is 7.01. The van der Waals surface area contributed by atoms with E-state index in [4.69, 9.17) is 16.3 Å². The van der Waals surface area contributed by atoms with Gasteiger partial charge in [-0.1, -0.05) is 36.7 Å². The van der Waals surface area contributed by atoms with Crippen LogP contribution in [0.25, 0.3) is 5.69 Å². The van der Waals surface area contributed by atoms with Crippen molar-refractivity contribution in [3.63, 3.8) is 0 Å². The number of rotatable bonds is 5. The van der Waals surface area contributed by atoms with Crippen LogP contribution >= 0.6 is 11.6 Å². The second kappa shape index (κ2) is 8.66. The average Bonchev–Trinajstić information content (AvgIpc) is 2.99. The first-order valence-corrected chi connectivity index (χ1v) is 9.94. The Labute approximate surface area is 176 Å². The molecule has 0 amide bonds. The van der Waals surface area contributed by atoms with Crippen molar-refractivity contribution < 1.29 is 9.53 Å². The Morgan fingerprint density at radius 2 is 1.93 bits per heavy atom. The van der Waals surface area contributed by atoms with Crippen LogP contribution in [0.4, 0.5) is 5.69 Å². The summed E-state index contributed by atoms with van der Waals surface area (Å²) >= 11 is 6.27. The van der Waals surface area contributed by atoms with Crippen molar-refractivity contribution in [1.29, 1.82) is 0 Å². The number of esters is 1. The summed E-state index contributed by atoms with van der Waals surface area (Å²) in [6.45, 7) is 8.50. The largest absolute Gasteiger partial charge is 0.465 e. The Morgan fingerprint density at radius 3 is 2.62 bits per heavy atom. The molecular weight excluding hydrogens is 384 g/mol. The van der Waals surface area contributed by atoms with Crippen LogP contribution in [0.5, 0.6) is 0 Å².